The van der Waals surface area contributed by atoms with Crippen LogP contribution in [0.4, 0.5) is 0 Å². The summed E-state index contributed by atoms with van der Waals surface area (Å²) in [7, 11) is 0. The van der Waals surface area contributed by atoms with E-state index in [4.69, 9.17) is 33.2 Å². The SMILES string of the molecule is CC(C)C(C(=O)Sc1nc2ccccc2nc1SC(=O)C(c1ccc(Cl)cc1)C(C)C)c1ccc(Cl)cc1. The summed E-state index contributed by atoms with van der Waals surface area (Å²) < 4.78 is 0. The van der Waals surface area contributed by atoms with E-state index in [1.54, 1.807) is 24.3 Å². The number of fused-ring (bicyclic) bond motifs is 1. The number of rotatable bonds is 8. The Morgan fingerprint density at radius 2 is 0.947 bits per heavy atom. The second-order valence-electron chi connectivity index (χ2n) is 9.71. The summed E-state index contributed by atoms with van der Waals surface area (Å²) >= 11 is 14.2. The van der Waals surface area contributed by atoms with E-state index in [0.717, 1.165) is 34.7 Å². The molecule has 2 atom stereocenters. The van der Waals surface area contributed by atoms with Gasteiger partial charge >= 0.3 is 0 Å². The van der Waals surface area contributed by atoms with Gasteiger partial charge in [0.05, 0.1) is 22.9 Å². The average Bonchev–Trinajstić information content (AvgIpc) is 2.86. The maximum absolute atomic E-state index is 13.7. The minimum atomic E-state index is -0.364. The number of hydrogen-bond donors (Lipinski definition) is 0. The molecule has 3 aromatic carbocycles. The molecule has 0 N–H and O–H groups in total. The third kappa shape index (κ3) is 6.78. The summed E-state index contributed by atoms with van der Waals surface area (Å²) in [6.45, 7) is 8.06. The van der Waals surface area contributed by atoms with Gasteiger partial charge in [-0.15, -0.1) is 0 Å². The molecular weight excluding hydrogens is 555 g/mol. The standard InChI is InChI=1S/C30H28Cl2N2O2S2/c1-17(2)25(19-9-13-21(31)14-10-19)29(35)37-27-28(34-24-8-6-5-7-23(24)33-27)38-30(36)26(18(3)4)20-11-15-22(32)16-12-20/h5-18,25-26H,1-4H3. The number of benzene rings is 3. The zero-order valence-electron chi connectivity index (χ0n) is 21.5. The molecule has 0 aliphatic heterocycles. The summed E-state index contributed by atoms with van der Waals surface area (Å²) in [6, 6.07) is 22.2. The molecule has 0 saturated heterocycles. The summed E-state index contributed by atoms with van der Waals surface area (Å²) in [4.78, 5) is 36.9. The average molecular weight is 584 g/mol. The van der Waals surface area contributed by atoms with Crippen molar-refractivity contribution in [1.82, 2.24) is 9.97 Å². The van der Waals surface area contributed by atoms with E-state index in [9.17, 15) is 9.59 Å². The minimum absolute atomic E-state index is 0.0533. The van der Waals surface area contributed by atoms with Gasteiger partial charge in [-0.3, -0.25) is 9.59 Å². The molecule has 0 amide bonds. The van der Waals surface area contributed by atoms with Crippen LogP contribution in [-0.2, 0) is 9.59 Å². The second kappa shape index (κ2) is 12.6. The number of carbonyl (C=O) groups excluding carboxylic acids is 2. The fraction of sp³-hybridized carbons (Fsp3) is 0.267. The van der Waals surface area contributed by atoms with E-state index >= 15 is 0 Å². The Bertz CT molecular complexity index is 1330. The molecule has 4 nitrogen and oxygen atoms in total. The van der Waals surface area contributed by atoms with Gasteiger partial charge in [-0.2, -0.15) is 0 Å². The van der Waals surface area contributed by atoms with Crippen LogP contribution in [0.3, 0.4) is 0 Å². The number of hydrogen-bond acceptors (Lipinski definition) is 6. The number of nitrogens with zero attached hydrogens (tertiary/aromatic N) is 2. The Kier molecular flexibility index (Phi) is 9.53. The first-order chi connectivity index (χ1) is 18.1. The molecule has 0 aliphatic rings. The zero-order chi connectivity index (χ0) is 27.4. The van der Waals surface area contributed by atoms with Crippen LogP contribution in [-0.4, -0.2) is 20.2 Å². The van der Waals surface area contributed by atoms with Crippen LogP contribution in [0.2, 0.25) is 10.0 Å². The van der Waals surface area contributed by atoms with Gasteiger partial charge in [-0.05, 0) is 82.9 Å². The number of carbonyl (C=O) groups is 2. The molecule has 0 spiro atoms. The lowest BCUT2D eigenvalue weighted by Crippen LogP contribution is -2.17. The lowest BCUT2D eigenvalue weighted by molar-refractivity contribution is -0.114. The predicted octanol–water partition coefficient (Wildman–Crippen LogP) is 9.05. The summed E-state index contributed by atoms with van der Waals surface area (Å²) in [6.07, 6.45) is 0. The number of thioether (sulfide) groups is 2. The van der Waals surface area contributed by atoms with Crippen molar-refractivity contribution in [1.29, 1.82) is 0 Å². The summed E-state index contributed by atoms with van der Waals surface area (Å²) in [5.41, 5.74) is 3.13. The third-order valence-corrected chi connectivity index (χ3v) is 8.70. The van der Waals surface area contributed by atoms with Crippen molar-refractivity contribution >= 4 is 68.0 Å². The monoisotopic (exact) mass is 582 g/mol. The van der Waals surface area contributed by atoms with Crippen LogP contribution in [0.1, 0.15) is 50.7 Å². The molecule has 0 bridgehead atoms. The van der Waals surface area contributed by atoms with Crippen LogP contribution in [0.25, 0.3) is 11.0 Å². The van der Waals surface area contributed by atoms with Gasteiger partial charge < -0.3 is 0 Å². The molecule has 8 heteroatoms. The second-order valence-corrected chi connectivity index (χ2v) is 12.6. The van der Waals surface area contributed by atoms with Gasteiger partial charge in [0.2, 0.25) is 10.2 Å². The quantitative estimate of drug-likeness (QED) is 0.193. The van der Waals surface area contributed by atoms with Gasteiger partial charge in [0, 0.05) is 10.0 Å². The van der Waals surface area contributed by atoms with Crippen LogP contribution in [0.15, 0.2) is 82.8 Å². The first-order valence-corrected chi connectivity index (χ1v) is 14.7. The molecule has 4 aromatic rings. The predicted molar refractivity (Wildman–Crippen MR) is 159 cm³/mol. The van der Waals surface area contributed by atoms with Crippen molar-refractivity contribution in [2.24, 2.45) is 11.8 Å². The Labute approximate surface area is 241 Å². The molecule has 0 saturated carbocycles. The Morgan fingerprint density at radius 1 is 0.605 bits per heavy atom. The van der Waals surface area contributed by atoms with Crippen molar-refractivity contribution in [3.63, 3.8) is 0 Å². The molecule has 4 rings (SSSR count). The molecule has 0 radical (unpaired) electrons. The highest BCUT2D eigenvalue weighted by atomic mass is 35.5. The largest absolute Gasteiger partial charge is 0.286 e. The van der Waals surface area contributed by atoms with E-state index in [1.807, 2.05) is 76.2 Å². The molecular formula is C30H28Cl2N2O2S2. The van der Waals surface area contributed by atoms with Crippen molar-refractivity contribution in [2.45, 2.75) is 49.6 Å². The fourth-order valence-corrected chi connectivity index (χ4v) is 6.85. The van der Waals surface area contributed by atoms with Gasteiger partial charge in [-0.25, -0.2) is 9.97 Å². The van der Waals surface area contributed by atoms with Gasteiger partial charge in [-0.1, -0.05) is 87.3 Å². The van der Waals surface area contributed by atoms with E-state index in [-0.39, 0.29) is 33.9 Å². The normalized spacial score (nSPS) is 13.2. The first kappa shape index (κ1) is 28.6. The van der Waals surface area contributed by atoms with E-state index < -0.39 is 0 Å². The summed E-state index contributed by atoms with van der Waals surface area (Å²) in [5.74, 6) is -0.622. The number of halogens is 2. The van der Waals surface area contributed by atoms with Gasteiger partial charge in [0.25, 0.3) is 0 Å². The molecule has 0 aliphatic carbocycles. The summed E-state index contributed by atoms with van der Waals surface area (Å²) in [5, 5.41) is 2.00. The van der Waals surface area contributed by atoms with Crippen LogP contribution in [0, 0.1) is 11.8 Å². The Balaban J connectivity index is 1.69. The minimum Gasteiger partial charge on any atom is -0.286 e. The van der Waals surface area contributed by atoms with Gasteiger partial charge in [0.15, 0.2) is 0 Å². The lowest BCUT2D eigenvalue weighted by atomic mass is 9.90. The Hall–Kier alpha value is -2.38. The molecule has 2 unspecified atom stereocenters. The molecule has 1 aromatic heterocycles. The third-order valence-electron chi connectivity index (χ3n) is 6.20. The molecule has 196 valence electrons. The maximum Gasteiger partial charge on any atom is 0.202 e. The zero-order valence-corrected chi connectivity index (χ0v) is 24.7. The fourth-order valence-electron chi connectivity index (χ4n) is 4.34. The first-order valence-electron chi connectivity index (χ1n) is 12.3. The van der Waals surface area contributed by atoms with E-state index in [1.165, 1.54) is 0 Å². The molecule has 1 heterocycles. The van der Waals surface area contributed by atoms with E-state index in [0.29, 0.717) is 31.1 Å². The molecule has 0 fully saturated rings. The maximum atomic E-state index is 13.7. The van der Waals surface area contributed by atoms with Gasteiger partial charge in [0.1, 0.15) is 10.1 Å². The van der Waals surface area contributed by atoms with Crippen LogP contribution in [0.5, 0.6) is 0 Å². The van der Waals surface area contributed by atoms with Crippen molar-refractivity contribution < 1.29 is 9.59 Å². The van der Waals surface area contributed by atoms with Crippen molar-refractivity contribution in [2.75, 3.05) is 0 Å². The van der Waals surface area contributed by atoms with Crippen LogP contribution < -0.4 is 0 Å². The van der Waals surface area contributed by atoms with Crippen molar-refractivity contribution in [3.8, 4) is 0 Å². The lowest BCUT2D eigenvalue weighted by Gasteiger charge is -2.21. The number of para-hydroxylation sites is 2. The number of aromatic nitrogens is 2. The topological polar surface area (TPSA) is 59.9 Å². The Morgan fingerprint density at radius 3 is 1.26 bits per heavy atom. The highest BCUT2D eigenvalue weighted by Gasteiger charge is 2.30. The highest BCUT2D eigenvalue weighted by Crippen LogP contribution is 2.40. The smallest absolute Gasteiger partial charge is 0.202 e. The van der Waals surface area contributed by atoms with Crippen molar-refractivity contribution in [3.05, 3.63) is 94.0 Å². The molecule has 38 heavy (non-hydrogen) atoms. The van der Waals surface area contributed by atoms with E-state index in [2.05, 4.69) is 0 Å². The highest BCUT2D eigenvalue weighted by molar-refractivity contribution is 8.16. The van der Waals surface area contributed by atoms with Crippen LogP contribution >= 0.6 is 46.7 Å².